The van der Waals surface area contributed by atoms with Crippen LogP contribution in [0.2, 0.25) is 5.02 Å². The van der Waals surface area contributed by atoms with E-state index in [1.165, 1.54) is 11.1 Å². The van der Waals surface area contributed by atoms with Gasteiger partial charge in [-0.15, -0.1) is 0 Å². The Hall–Kier alpha value is -2.60. The molecule has 1 saturated heterocycles. The Morgan fingerprint density at radius 2 is 1.52 bits per heavy atom. The molecule has 3 aromatic carbocycles. The molecule has 4 nitrogen and oxygen atoms in total. The molecular weight excluding hydrogens is 454 g/mol. The number of ether oxygens (including phenoxy) is 1. The zero-order valence-electron chi connectivity index (χ0n) is 18.2. The lowest BCUT2D eigenvalue weighted by molar-refractivity contribution is 0.0663. The molecule has 1 N–H and O–H groups in total. The van der Waals surface area contributed by atoms with Gasteiger partial charge in [-0.1, -0.05) is 60.1 Å². The number of benzene rings is 3. The summed E-state index contributed by atoms with van der Waals surface area (Å²) in [5.41, 5.74) is 7.34. The predicted molar refractivity (Wildman–Crippen MR) is 135 cm³/mol. The van der Waals surface area contributed by atoms with Gasteiger partial charge in [0.2, 0.25) is 0 Å². The number of thiol groups is 1. The van der Waals surface area contributed by atoms with E-state index in [4.69, 9.17) is 16.3 Å². The quantitative estimate of drug-likeness (QED) is 0.322. The maximum absolute atomic E-state index is 10.9. The number of hydrogen-bond donors (Lipinski definition) is 2. The lowest BCUT2D eigenvalue weighted by atomic mass is 9.95. The summed E-state index contributed by atoms with van der Waals surface area (Å²) in [5, 5.41) is 1.90. The van der Waals surface area contributed by atoms with Crippen LogP contribution in [0.4, 0.5) is 0 Å². The summed E-state index contributed by atoms with van der Waals surface area (Å²) in [6.07, 6.45) is 3.29. The molecule has 1 fully saturated rings. The minimum absolute atomic E-state index is 0.0749. The largest absolute Gasteiger partial charge is 0.381 e. The van der Waals surface area contributed by atoms with Crippen LogP contribution in [0, 0.1) is 5.92 Å². The molecule has 0 saturated carbocycles. The van der Waals surface area contributed by atoms with Crippen LogP contribution in [-0.2, 0) is 27.6 Å². The van der Waals surface area contributed by atoms with Crippen LogP contribution >= 0.6 is 11.6 Å². The SMILES string of the molecule is O=[SH](=O)Cc1ccc(-c2ccc(-c3cc4cc(CC5CCOCC5)[nH]c4cc3Cl)cc2)cc1. The van der Waals surface area contributed by atoms with Crippen molar-refractivity contribution < 1.29 is 13.2 Å². The Kier molecular flexibility index (Phi) is 6.54. The monoisotopic (exact) mass is 479 g/mol. The van der Waals surface area contributed by atoms with Crippen molar-refractivity contribution >= 4 is 33.2 Å². The highest BCUT2D eigenvalue weighted by molar-refractivity contribution is 7.71. The molecule has 0 bridgehead atoms. The maximum atomic E-state index is 10.9. The molecule has 1 aliphatic rings. The average molecular weight is 480 g/mol. The predicted octanol–water partition coefficient (Wildman–Crippen LogP) is 6.24. The van der Waals surface area contributed by atoms with Gasteiger partial charge in [0.25, 0.3) is 0 Å². The number of rotatable bonds is 6. The van der Waals surface area contributed by atoms with Crippen LogP contribution < -0.4 is 0 Å². The molecule has 0 atom stereocenters. The molecule has 0 amide bonds. The highest BCUT2D eigenvalue weighted by Gasteiger charge is 2.16. The first-order chi connectivity index (χ1) is 16.0. The third-order valence-corrected chi connectivity index (χ3v) is 7.34. The van der Waals surface area contributed by atoms with E-state index >= 15 is 0 Å². The topological polar surface area (TPSA) is 59.2 Å². The summed E-state index contributed by atoms with van der Waals surface area (Å²) in [6.45, 7) is 1.73. The third kappa shape index (κ3) is 5.16. The smallest absolute Gasteiger partial charge is 0.144 e. The van der Waals surface area contributed by atoms with Crippen molar-refractivity contribution in [3.05, 3.63) is 83.0 Å². The molecule has 170 valence electrons. The molecule has 0 unspecified atom stereocenters. The second-order valence-corrected chi connectivity index (χ2v) is 10.1. The van der Waals surface area contributed by atoms with E-state index in [-0.39, 0.29) is 5.75 Å². The number of H-pyrrole nitrogens is 1. The Labute approximate surface area is 200 Å². The summed E-state index contributed by atoms with van der Waals surface area (Å²) >= 11 is 6.67. The number of hydrogen-bond acceptors (Lipinski definition) is 3. The molecule has 0 radical (unpaired) electrons. The van der Waals surface area contributed by atoms with Crippen molar-refractivity contribution in [3.8, 4) is 22.3 Å². The first kappa shape index (κ1) is 22.2. The Morgan fingerprint density at radius 3 is 2.18 bits per heavy atom. The molecule has 6 heteroatoms. The van der Waals surface area contributed by atoms with E-state index in [0.29, 0.717) is 5.92 Å². The van der Waals surface area contributed by atoms with Crippen molar-refractivity contribution in [2.45, 2.75) is 25.0 Å². The van der Waals surface area contributed by atoms with E-state index in [9.17, 15) is 8.42 Å². The molecule has 0 spiro atoms. The molecule has 1 aromatic heterocycles. The molecule has 2 heterocycles. The first-order valence-corrected chi connectivity index (χ1v) is 13.0. The van der Waals surface area contributed by atoms with Crippen molar-refractivity contribution in [1.29, 1.82) is 0 Å². The van der Waals surface area contributed by atoms with Gasteiger partial charge >= 0.3 is 0 Å². The number of halogens is 1. The lowest BCUT2D eigenvalue weighted by Gasteiger charge is -2.21. The second-order valence-electron chi connectivity index (χ2n) is 8.74. The lowest BCUT2D eigenvalue weighted by Crippen LogP contribution is -2.17. The third-order valence-electron chi connectivity index (χ3n) is 6.41. The van der Waals surface area contributed by atoms with E-state index in [2.05, 4.69) is 41.4 Å². The highest BCUT2D eigenvalue weighted by atomic mass is 35.5. The molecule has 0 aliphatic carbocycles. The minimum Gasteiger partial charge on any atom is -0.381 e. The van der Waals surface area contributed by atoms with Crippen molar-refractivity contribution in [3.63, 3.8) is 0 Å². The summed E-state index contributed by atoms with van der Waals surface area (Å²) in [4.78, 5) is 3.55. The molecular formula is C27H26ClNO3S. The van der Waals surface area contributed by atoms with Crippen molar-refractivity contribution in [1.82, 2.24) is 4.98 Å². The molecule has 4 aromatic rings. The van der Waals surface area contributed by atoms with E-state index < -0.39 is 10.7 Å². The van der Waals surface area contributed by atoms with Gasteiger partial charge < -0.3 is 9.72 Å². The van der Waals surface area contributed by atoms with Crippen LogP contribution in [-0.4, -0.2) is 26.6 Å². The Balaban J connectivity index is 1.37. The Bertz CT molecular complexity index is 1330. The number of nitrogens with one attached hydrogen (secondary N) is 1. The van der Waals surface area contributed by atoms with Gasteiger partial charge in [-0.05, 0) is 65.6 Å². The fraction of sp³-hybridized carbons (Fsp3) is 0.259. The zero-order valence-corrected chi connectivity index (χ0v) is 19.9. The fourth-order valence-electron chi connectivity index (χ4n) is 4.60. The van der Waals surface area contributed by atoms with Gasteiger partial charge in [0.1, 0.15) is 10.7 Å². The van der Waals surface area contributed by atoms with E-state index in [0.717, 1.165) is 70.8 Å². The van der Waals surface area contributed by atoms with Gasteiger partial charge in [0.15, 0.2) is 0 Å². The summed E-state index contributed by atoms with van der Waals surface area (Å²) in [7, 11) is -2.41. The van der Waals surface area contributed by atoms with Gasteiger partial charge in [-0.25, -0.2) is 8.42 Å². The van der Waals surface area contributed by atoms with Crippen molar-refractivity contribution in [2.75, 3.05) is 13.2 Å². The van der Waals surface area contributed by atoms with Crippen molar-refractivity contribution in [2.24, 2.45) is 5.92 Å². The van der Waals surface area contributed by atoms with Crippen LogP contribution in [0.15, 0.2) is 66.7 Å². The van der Waals surface area contributed by atoms with Crippen LogP contribution in [0.25, 0.3) is 33.2 Å². The van der Waals surface area contributed by atoms with Gasteiger partial charge in [0.05, 0.1) is 10.8 Å². The highest BCUT2D eigenvalue weighted by Crippen LogP contribution is 2.34. The molecule has 5 rings (SSSR count). The summed E-state index contributed by atoms with van der Waals surface area (Å²) < 4.78 is 27.3. The molecule has 33 heavy (non-hydrogen) atoms. The molecule has 1 aliphatic heterocycles. The fourth-order valence-corrected chi connectivity index (χ4v) is 5.38. The van der Waals surface area contributed by atoms with Gasteiger partial charge in [0, 0.05) is 35.4 Å². The first-order valence-electron chi connectivity index (χ1n) is 11.3. The van der Waals surface area contributed by atoms with E-state index in [1.54, 1.807) is 0 Å². The van der Waals surface area contributed by atoms with Gasteiger partial charge in [-0.3, -0.25) is 0 Å². The normalized spacial score (nSPS) is 14.8. The minimum atomic E-state index is -2.41. The number of aromatic nitrogens is 1. The average Bonchev–Trinajstić information content (AvgIpc) is 3.20. The summed E-state index contributed by atoms with van der Waals surface area (Å²) in [6, 6.07) is 22.4. The second kappa shape index (κ2) is 9.72. The van der Waals surface area contributed by atoms with Crippen LogP contribution in [0.3, 0.4) is 0 Å². The summed E-state index contributed by atoms with van der Waals surface area (Å²) in [5.74, 6) is 0.747. The van der Waals surface area contributed by atoms with Crippen LogP contribution in [0.1, 0.15) is 24.1 Å². The zero-order chi connectivity index (χ0) is 22.8. The Morgan fingerprint density at radius 1 is 0.879 bits per heavy atom. The number of fused-ring (bicyclic) bond motifs is 1. The van der Waals surface area contributed by atoms with Gasteiger partial charge in [-0.2, -0.15) is 0 Å². The number of aromatic amines is 1. The maximum Gasteiger partial charge on any atom is 0.144 e. The van der Waals surface area contributed by atoms with E-state index in [1.807, 2.05) is 30.3 Å². The standard InChI is InChI=1S/C27H26ClNO3S/c28-26-16-27-23(14-24(29-27)13-18-9-11-32-12-10-18)15-25(26)22-7-5-21(6-8-22)20-3-1-19(2-4-20)17-33(30)31/h1-8,14-16,18,29,33H,9-13,17H2. The van der Waals surface area contributed by atoms with Crippen LogP contribution in [0.5, 0.6) is 0 Å².